The van der Waals surface area contributed by atoms with Gasteiger partial charge in [-0.25, -0.2) is 4.98 Å². The van der Waals surface area contributed by atoms with Crippen LogP contribution in [-0.2, 0) is 20.2 Å². The lowest BCUT2D eigenvalue weighted by Gasteiger charge is -2.14. The van der Waals surface area contributed by atoms with Crippen LogP contribution in [0.5, 0.6) is 5.75 Å². The Balaban J connectivity index is 1.76. The Bertz CT molecular complexity index is 640. The average Bonchev–Trinajstić information content (AvgIpc) is 3.18. The molecule has 2 aromatic rings. The highest BCUT2D eigenvalue weighted by molar-refractivity contribution is 6.35. The molecule has 1 aromatic carbocycles. The molecule has 0 amide bonds. The van der Waals surface area contributed by atoms with Crippen LogP contribution in [0.15, 0.2) is 18.5 Å². The Morgan fingerprint density at radius 1 is 1.38 bits per heavy atom. The van der Waals surface area contributed by atoms with Crippen LogP contribution >= 0.6 is 23.2 Å². The third-order valence-electron chi connectivity index (χ3n) is 3.39. The first-order valence-electron chi connectivity index (χ1n) is 6.80. The fraction of sp³-hybridized carbons (Fsp3) is 0.429. The maximum Gasteiger partial charge on any atom is 0.164 e. The first-order valence-corrected chi connectivity index (χ1v) is 7.56. The molecule has 21 heavy (non-hydrogen) atoms. The molecule has 1 fully saturated rings. The van der Waals surface area contributed by atoms with E-state index in [1.807, 2.05) is 13.1 Å². The molecular weight excluding hydrogens is 311 g/mol. The SMILES string of the molecule is Cn1ncnc1COc1c(Cl)cc(Cl)cc1CNC1CC1. The van der Waals surface area contributed by atoms with E-state index >= 15 is 0 Å². The van der Waals surface area contributed by atoms with Crippen LogP contribution in [0.3, 0.4) is 0 Å². The molecular formula is C14H16Cl2N4O. The molecule has 112 valence electrons. The molecule has 1 aromatic heterocycles. The van der Waals surface area contributed by atoms with Gasteiger partial charge in [-0.05, 0) is 25.0 Å². The molecule has 0 spiro atoms. The molecule has 1 N–H and O–H groups in total. The molecule has 0 unspecified atom stereocenters. The number of halogens is 2. The Hall–Kier alpha value is -1.30. The van der Waals surface area contributed by atoms with Crippen molar-refractivity contribution in [2.75, 3.05) is 0 Å². The topological polar surface area (TPSA) is 52.0 Å². The summed E-state index contributed by atoms with van der Waals surface area (Å²) in [7, 11) is 1.82. The van der Waals surface area contributed by atoms with Crippen molar-refractivity contribution < 1.29 is 4.74 Å². The quantitative estimate of drug-likeness (QED) is 0.886. The molecule has 1 saturated carbocycles. The minimum atomic E-state index is 0.314. The van der Waals surface area contributed by atoms with E-state index < -0.39 is 0 Å². The van der Waals surface area contributed by atoms with E-state index in [0.717, 1.165) is 11.4 Å². The summed E-state index contributed by atoms with van der Waals surface area (Å²) in [5, 5.41) is 8.58. The van der Waals surface area contributed by atoms with Crippen LogP contribution in [0, 0.1) is 0 Å². The van der Waals surface area contributed by atoms with E-state index in [1.54, 1.807) is 10.7 Å². The van der Waals surface area contributed by atoms with Gasteiger partial charge in [-0.15, -0.1) is 0 Å². The van der Waals surface area contributed by atoms with Crippen LogP contribution in [0.25, 0.3) is 0 Å². The van der Waals surface area contributed by atoms with Gasteiger partial charge in [-0.1, -0.05) is 23.2 Å². The molecule has 1 heterocycles. The van der Waals surface area contributed by atoms with Crippen LogP contribution in [0.2, 0.25) is 10.0 Å². The van der Waals surface area contributed by atoms with E-state index in [9.17, 15) is 0 Å². The second-order valence-electron chi connectivity index (χ2n) is 5.12. The Kier molecular flexibility index (Phi) is 4.33. The molecule has 0 atom stereocenters. The van der Waals surface area contributed by atoms with Crippen molar-refractivity contribution in [1.82, 2.24) is 20.1 Å². The maximum absolute atomic E-state index is 6.27. The van der Waals surface area contributed by atoms with Crippen LogP contribution in [0.4, 0.5) is 0 Å². The van der Waals surface area contributed by atoms with E-state index in [0.29, 0.717) is 35.0 Å². The molecule has 3 rings (SSSR count). The maximum atomic E-state index is 6.27. The number of hydrogen-bond acceptors (Lipinski definition) is 4. The molecule has 0 bridgehead atoms. The van der Waals surface area contributed by atoms with E-state index in [-0.39, 0.29) is 0 Å². The Labute approximate surface area is 133 Å². The van der Waals surface area contributed by atoms with Gasteiger partial charge in [0, 0.05) is 30.2 Å². The summed E-state index contributed by atoms with van der Waals surface area (Å²) in [4.78, 5) is 4.13. The number of aryl methyl sites for hydroxylation is 1. The van der Waals surface area contributed by atoms with Gasteiger partial charge in [-0.2, -0.15) is 5.10 Å². The van der Waals surface area contributed by atoms with Crippen LogP contribution < -0.4 is 10.1 Å². The van der Waals surface area contributed by atoms with E-state index in [4.69, 9.17) is 27.9 Å². The zero-order valence-corrected chi connectivity index (χ0v) is 13.2. The zero-order valence-electron chi connectivity index (χ0n) is 11.6. The van der Waals surface area contributed by atoms with Crippen molar-refractivity contribution in [3.05, 3.63) is 39.9 Å². The number of hydrogen-bond donors (Lipinski definition) is 1. The molecule has 0 aliphatic heterocycles. The highest BCUT2D eigenvalue weighted by Crippen LogP contribution is 2.33. The third kappa shape index (κ3) is 3.67. The molecule has 0 saturated heterocycles. The van der Waals surface area contributed by atoms with E-state index in [1.165, 1.54) is 19.2 Å². The summed E-state index contributed by atoms with van der Waals surface area (Å²) in [5.74, 6) is 1.39. The number of nitrogens with one attached hydrogen (secondary N) is 1. The monoisotopic (exact) mass is 326 g/mol. The molecule has 7 heteroatoms. The fourth-order valence-electron chi connectivity index (χ4n) is 2.04. The largest absolute Gasteiger partial charge is 0.484 e. The lowest BCUT2D eigenvalue weighted by atomic mass is 10.2. The lowest BCUT2D eigenvalue weighted by Crippen LogP contribution is -2.16. The number of benzene rings is 1. The van der Waals surface area contributed by atoms with Gasteiger partial charge in [0.15, 0.2) is 5.82 Å². The number of rotatable bonds is 6. The smallest absolute Gasteiger partial charge is 0.164 e. The van der Waals surface area contributed by atoms with Gasteiger partial charge in [0.25, 0.3) is 0 Å². The van der Waals surface area contributed by atoms with Gasteiger partial charge in [0.1, 0.15) is 18.7 Å². The van der Waals surface area contributed by atoms with Gasteiger partial charge < -0.3 is 10.1 Å². The minimum absolute atomic E-state index is 0.314. The second kappa shape index (κ2) is 6.22. The molecule has 1 aliphatic rings. The zero-order chi connectivity index (χ0) is 14.8. The van der Waals surface area contributed by atoms with Crippen molar-refractivity contribution in [1.29, 1.82) is 0 Å². The average molecular weight is 327 g/mol. The van der Waals surface area contributed by atoms with Crippen molar-refractivity contribution >= 4 is 23.2 Å². The summed E-state index contributed by atoms with van der Waals surface area (Å²) in [6, 6.07) is 4.18. The molecule has 1 aliphatic carbocycles. The lowest BCUT2D eigenvalue weighted by molar-refractivity contribution is 0.286. The van der Waals surface area contributed by atoms with Crippen molar-refractivity contribution in [2.45, 2.75) is 32.0 Å². The second-order valence-corrected chi connectivity index (χ2v) is 5.96. The van der Waals surface area contributed by atoms with Crippen molar-refractivity contribution in [3.63, 3.8) is 0 Å². The Morgan fingerprint density at radius 2 is 2.19 bits per heavy atom. The highest BCUT2D eigenvalue weighted by atomic mass is 35.5. The summed E-state index contributed by atoms with van der Waals surface area (Å²) < 4.78 is 7.52. The van der Waals surface area contributed by atoms with Gasteiger partial charge >= 0.3 is 0 Å². The Morgan fingerprint density at radius 3 is 2.86 bits per heavy atom. The summed E-state index contributed by atoms with van der Waals surface area (Å²) >= 11 is 12.3. The van der Waals surface area contributed by atoms with Crippen LogP contribution in [-0.4, -0.2) is 20.8 Å². The molecule has 0 radical (unpaired) electrons. The fourth-order valence-corrected chi connectivity index (χ4v) is 2.63. The van der Waals surface area contributed by atoms with Crippen molar-refractivity contribution in [2.24, 2.45) is 7.05 Å². The predicted octanol–water partition coefficient (Wildman–Crippen LogP) is 2.95. The highest BCUT2D eigenvalue weighted by Gasteiger charge is 2.21. The first kappa shape index (κ1) is 14.6. The summed E-state index contributed by atoms with van der Waals surface area (Å²) in [5.41, 5.74) is 0.960. The van der Waals surface area contributed by atoms with E-state index in [2.05, 4.69) is 15.4 Å². The van der Waals surface area contributed by atoms with Gasteiger partial charge in [0.05, 0.1) is 5.02 Å². The van der Waals surface area contributed by atoms with Gasteiger partial charge in [0.2, 0.25) is 0 Å². The number of aromatic nitrogens is 3. The standard InChI is InChI=1S/C14H16Cl2N4O/c1-20-13(18-8-19-20)7-21-14-9(6-17-11-2-3-11)4-10(15)5-12(14)16/h4-5,8,11,17H,2-3,6-7H2,1H3. The number of nitrogens with zero attached hydrogens (tertiary/aromatic N) is 3. The summed E-state index contributed by atoms with van der Waals surface area (Å²) in [6.45, 7) is 1.01. The normalized spacial score (nSPS) is 14.4. The summed E-state index contributed by atoms with van der Waals surface area (Å²) in [6.07, 6.45) is 3.95. The minimum Gasteiger partial charge on any atom is -0.484 e. The van der Waals surface area contributed by atoms with Gasteiger partial charge in [-0.3, -0.25) is 4.68 Å². The predicted molar refractivity (Wildman–Crippen MR) is 81.7 cm³/mol. The van der Waals surface area contributed by atoms with Crippen LogP contribution in [0.1, 0.15) is 24.2 Å². The third-order valence-corrected chi connectivity index (χ3v) is 3.89. The first-order chi connectivity index (χ1) is 10.1. The molecule has 5 nitrogen and oxygen atoms in total. The number of ether oxygens (including phenoxy) is 1. The van der Waals surface area contributed by atoms with Crippen molar-refractivity contribution in [3.8, 4) is 5.75 Å².